The lowest BCUT2D eigenvalue weighted by Crippen LogP contribution is -2.31. The molecule has 5 heteroatoms. The Morgan fingerprint density at radius 2 is 1.68 bits per heavy atom. The fourth-order valence-corrected chi connectivity index (χ4v) is 3.61. The summed E-state index contributed by atoms with van der Waals surface area (Å²) >= 11 is 1.28. The summed E-state index contributed by atoms with van der Waals surface area (Å²) in [6.45, 7) is 8.07. The Bertz CT molecular complexity index is 957. The SMILES string of the molecule is C=CCN1C(=O)/C(=C/c2ccc(C)cc2)N=C1SCC(=O)c1ccc(C)cc1. The average Bonchev–Trinajstić information content (AvgIpc) is 2.98. The van der Waals surface area contributed by atoms with E-state index in [0.29, 0.717) is 23.0 Å². The number of ketones is 1. The summed E-state index contributed by atoms with van der Waals surface area (Å²) < 4.78 is 0. The molecule has 0 spiro atoms. The quantitative estimate of drug-likeness (QED) is 0.410. The topological polar surface area (TPSA) is 49.7 Å². The van der Waals surface area contributed by atoms with Crippen LogP contribution < -0.4 is 0 Å². The van der Waals surface area contributed by atoms with E-state index in [1.807, 2.05) is 62.4 Å². The molecule has 1 aliphatic heterocycles. The largest absolute Gasteiger partial charge is 0.293 e. The first-order valence-corrected chi connectivity index (χ1v) is 9.99. The minimum Gasteiger partial charge on any atom is -0.293 e. The molecule has 1 heterocycles. The van der Waals surface area contributed by atoms with E-state index in [0.717, 1.165) is 16.7 Å². The van der Waals surface area contributed by atoms with Gasteiger partial charge in [-0.25, -0.2) is 4.99 Å². The minimum atomic E-state index is -0.175. The number of aliphatic imine (C=N–C) groups is 1. The lowest BCUT2D eigenvalue weighted by atomic mass is 10.1. The van der Waals surface area contributed by atoms with Crippen LogP contribution in [-0.4, -0.2) is 34.1 Å². The van der Waals surface area contributed by atoms with Crippen LogP contribution in [-0.2, 0) is 4.79 Å². The van der Waals surface area contributed by atoms with E-state index in [1.165, 1.54) is 11.8 Å². The summed E-state index contributed by atoms with van der Waals surface area (Å²) in [5.74, 6) is 0.0566. The van der Waals surface area contributed by atoms with E-state index in [1.54, 1.807) is 17.1 Å². The van der Waals surface area contributed by atoms with Crippen molar-refractivity contribution < 1.29 is 9.59 Å². The summed E-state index contributed by atoms with van der Waals surface area (Å²) in [5.41, 5.74) is 4.21. The maximum atomic E-state index is 12.7. The first-order chi connectivity index (χ1) is 13.5. The number of benzene rings is 2. The van der Waals surface area contributed by atoms with E-state index in [9.17, 15) is 9.59 Å². The van der Waals surface area contributed by atoms with E-state index < -0.39 is 0 Å². The molecule has 0 fully saturated rings. The molecule has 0 saturated carbocycles. The molecule has 4 nitrogen and oxygen atoms in total. The molecule has 28 heavy (non-hydrogen) atoms. The standard InChI is InChI=1S/C23H22N2O2S/c1-4-13-25-22(27)20(14-18-9-5-16(2)6-10-18)24-23(25)28-15-21(26)19-11-7-17(3)8-12-19/h4-12,14H,1,13,15H2,2-3H3/b20-14-. The number of hydrogen-bond donors (Lipinski definition) is 0. The summed E-state index contributed by atoms with van der Waals surface area (Å²) in [5, 5.41) is 0.531. The molecule has 2 aromatic carbocycles. The van der Waals surface area contributed by atoms with Gasteiger partial charge in [-0.3, -0.25) is 14.5 Å². The van der Waals surface area contributed by atoms with Crippen molar-refractivity contribution in [1.82, 2.24) is 4.90 Å². The van der Waals surface area contributed by atoms with Gasteiger partial charge >= 0.3 is 0 Å². The van der Waals surface area contributed by atoms with Gasteiger partial charge in [0.1, 0.15) is 5.70 Å². The number of carbonyl (C=O) groups excluding carboxylic acids is 2. The van der Waals surface area contributed by atoms with Crippen molar-refractivity contribution in [1.29, 1.82) is 0 Å². The molecule has 3 rings (SSSR count). The van der Waals surface area contributed by atoms with Gasteiger partial charge in [0.2, 0.25) is 0 Å². The third-order valence-electron chi connectivity index (χ3n) is 4.31. The smallest absolute Gasteiger partial charge is 0.278 e. The Hall–Kier alpha value is -2.92. The van der Waals surface area contributed by atoms with Crippen molar-refractivity contribution in [3.63, 3.8) is 0 Å². The van der Waals surface area contributed by atoms with Crippen LogP contribution in [0.4, 0.5) is 0 Å². The monoisotopic (exact) mass is 390 g/mol. The fourth-order valence-electron chi connectivity index (χ4n) is 2.70. The Morgan fingerprint density at radius 3 is 2.29 bits per heavy atom. The second kappa shape index (κ2) is 8.85. The lowest BCUT2D eigenvalue weighted by molar-refractivity contribution is -0.122. The summed E-state index contributed by atoms with van der Waals surface area (Å²) in [7, 11) is 0. The zero-order valence-electron chi connectivity index (χ0n) is 16.0. The van der Waals surface area contributed by atoms with E-state index in [-0.39, 0.29) is 17.4 Å². The number of carbonyl (C=O) groups is 2. The number of rotatable bonds is 6. The molecular weight excluding hydrogens is 368 g/mol. The number of nitrogens with zero attached hydrogens (tertiary/aromatic N) is 2. The Kier molecular flexibility index (Phi) is 6.26. The van der Waals surface area contributed by atoms with Crippen LogP contribution in [0.1, 0.15) is 27.0 Å². The minimum absolute atomic E-state index is 0.00895. The van der Waals surface area contributed by atoms with Crippen LogP contribution in [0.2, 0.25) is 0 Å². The maximum absolute atomic E-state index is 12.7. The highest BCUT2D eigenvalue weighted by Gasteiger charge is 2.30. The zero-order valence-corrected chi connectivity index (χ0v) is 16.8. The molecule has 0 aromatic heterocycles. The number of aryl methyl sites for hydroxylation is 2. The van der Waals surface area contributed by atoms with E-state index in [2.05, 4.69) is 11.6 Å². The number of Topliss-reactive ketones (excluding diaryl/α,β-unsaturated/α-hetero) is 1. The molecule has 0 radical (unpaired) electrons. The molecule has 142 valence electrons. The lowest BCUT2D eigenvalue weighted by Gasteiger charge is -2.15. The highest BCUT2D eigenvalue weighted by Crippen LogP contribution is 2.24. The van der Waals surface area contributed by atoms with Crippen molar-refractivity contribution in [3.8, 4) is 0 Å². The predicted octanol–water partition coefficient (Wildman–Crippen LogP) is 4.64. The third kappa shape index (κ3) is 4.67. The van der Waals surface area contributed by atoms with Gasteiger partial charge in [-0.2, -0.15) is 0 Å². The van der Waals surface area contributed by atoms with Crippen LogP contribution in [0.15, 0.2) is 71.9 Å². The first-order valence-electron chi connectivity index (χ1n) is 9.00. The number of amides is 1. The molecule has 0 bridgehead atoms. The van der Waals surface area contributed by atoms with Crippen molar-refractivity contribution in [2.45, 2.75) is 13.8 Å². The third-order valence-corrected chi connectivity index (χ3v) is 5.29. The zero-order chi connectivity index (χ0) is 20.1. The first kappa shape index (κ1) is 19.8. The van der Waals surface area contributed by atoms with Crippen LogP contribution in [0.25, 0.3) is 6.08 Å². The van der Waals surface area contributed by atoms with Crippen LogP contribution in [0.3, 0.4) is 0 Å². The second-order valence-corrected chi connectivity index (χ2v) is 7.56. The summed E-state index contributed by atoms with van der Waals surface area (Å²) in [6, 6.07) is 15.4. The van der Waals surface area contributed by atoms with Gasteiger partial charge in [-0.1, -0.05) is 77.5 Å². The van der Waals surface area contributed by atoms with Crippen LogP contribution >= 0.6 is 11.8 Å². The molecule has 0 atom stereocenters. The van der Waals surface area contributed by atoms with Crippen molar-refractivity contribution >= 4 is 34.7 Å². The maximum Gasteiger partial charge on any atom is 0.278 e. The molecular formula is C23H22N2O2S. The molecule has 0 N–H and O–H groups in total. The van der Waals surface area contributed by atoms with Gasteiger partial charge in [0, 0.05) is 12.1 Å². The second-order valence-electron chi connectivity index (χ2n) is 6.62. The highest BCUT2D eigenvalue weighted by atomic mass is 32.2. The van der Waals surface area contributed by atoms with Crippen molar-refractivity contribution in [3.05, 3.63) is 89.1 Å². The molecule has 0 unspecified atom stereocenters. The highest BCUT2D eigenvalue weighted by molar-refractivity contribution is 8.14. The Morgan fingerprint density at radius 1 is 1.07 bits per heavy atom. The normalized spacial score (nSPS) is 15.1. The van der Waals surface area contributed by atoms with Gasteiger partial charge in [-0.05, 0) is 25.5 Å². The molecule has 1 amide bonds. The van der Waals surface area contributed by atoms with Gasteiger partial charge in [0.25, 0.3) is 5.91 Å². The predicted molar refractivity (Wildman–Crippen MR) is 116 cm³/mol. The van der Waals surface area contributed by atoms with E-state index in [4.69, 9.17) is 0 Å². The number of amidine groups is 1. The van der Waals surface area contributed by atoms with Crippen molar-refractivity contribution in [2.75, 3.05) is 12.3 Å². The summed E-state index contributed by atoms with van der Waals surface area (Å²) in [6.07, 6.45) is 3.43. The number of thioether (sulfide) groups is 1. The van der Waals surface area contributed by atoms with Crippen molar-refractivity contribution in [2.24, 2.45) is 4.99 Å². The van der Waals surface area contributed by atoms with Gasteiger partial charge in [0.05, 0.1) is 5.75 Å². The molecule has 0 aliphatic carbocycles. The van der Waals surface area contributed by atoms with Gasteiger partial charge in [-0.15, -0.1) is 6.58 Å². The molecule has 1 aliphatic rings. The van der Waals surface area contributed by atoms with Gasteiger partial charge in [0.15, 0.2) is 11.0 Å². The summed E-state index contributed by atoms with van der Waals surface area (Å²) in [4.78, 5) is 31.2. The Labute approximate surface area is 169 Å². The Balaban J connectivity index is 1.77. The number of hydrogen-bond acceptors (Lipinski definition) is 4. The fraction of sp³-hybridized carbons (Fsp3) is 0.174. The van der Waals surface area contributed by atoms with Gasteiger partial charge < -0.3 is 0 Å². The molecule has 0 saturated heterocycles. The van der Waals surface area contributed by atoms with Crippen LogP contribution in [0.5, 0.6) is 0 Å². The molecule has 2 aromatic rings. The van der Waals surface area contributed by atoms with E-state index >= 15 is 0 Å². The average molecular weight is 391 g/mol. The van der Waals surface area contributed by atoms with Crippen LogP contribution in [0, 0.1) is 13.8 Å².